The number of morpholine rings is 1. The van der Waals surface area contributed by atoms with Gasteiger partial charge in [-0.15, -0.1) is 0 Å². The van der Waals surface area contributed by atoms with Crippen LogP contribution in [0.3, 0.4) is 0 Å². The number of ether oxygens (including phenoxy) is 3. The largest absolute Gasteiger partial charge is 0.462 e. The van der Waals surface area contributed by atoms with Crippen molar-refractivity contribution in [2.45, 2.75) is 50.5 Å². The number of fused-ring (bicyclic) bond motifs is 1. The first-order valence-electron chi connectivity index (χ1n) is 13.6. The predicted octanol–water partition coefficient (Wildman–Crippen LogP) is 1.80. The van der Waals surface area contributed by atoms with Gasteiger partial charge < -0.3 is 19.5 Å². The van der Waals surface area contributed by atoms with Gasteiger partial charge in [-0.3, -0.25) is 9.48 Å². The van der Waals surface area contributed by atoms with Gasteiger partial charge in [0, 0.05) is 45.0 Å². The van der Waals surface area contributed by atoms with Gasteiger partial charge in [0.25, 0.3) is 5.91 Å². The van der Waals surface area contributed by atoms with E-state index in [2.05, 4.69) is 5.32 Å². The van der Waals surface area contributed by atoms with Crippen LogP contribution in [0.5, 0.6) is 0 Å². The number of rotatable bonds is 8. The topological polar surface area (TPSA) is 129 Å². The normalized spacial score (nSPS) is 19.8. The van der Waals surface area contributed by atoms with Gasteiger partial charge in [0.15, 0.2) is 0 Å². The molecule has 3 aliphatic heterocycles. The average Bonchev–Trinajstić information content (AvgIpc) is 3.24. The number of aryl methyl sites for hydroxylation is 2. The maximum atomic E-state index is 13.0. The van der Waals surface area contributed by atoms with E-state index < -0.39 is 16.0 Å². The van der Waals surface area contributed by atoms with Crippen molar-refractivity contribution < 1.29 is 32.2 Å². The summed E-state index contributed by atoms with van der Waals surface area (Å²) >= 11 is 0. The van der Waals surface area contributed by atoms with Gasteiger partial charge in [0.1, 0.15) is 5.69 Å². The summed E-state index contributed by atoms with van der Waals surface area (Å²) in [6.45, 7) is 6.14. The fourth-order valence-corrected chi connectivity index (χ4v) is 6.96. The van der Waals surface area contributed by atoms with E-state index in [1.807, 2.05) is 6.92 Å². The van der Waals surface area contributed by atoms with E-state index in [0.29, 0.717) is 71.1 Å². The summed E-state index contributed by atoms with van der Waals surface area (Å²) in [6.07, 6.45) is 3.71. The van der Waals surface area contributed by atoms with E-state index in [9.17, 15) is 18.0 Å². The molecule has 2 saturated heterocycles. The van der Waals surface area contributed by atoms with Crippen LogP contribution in [-0.4, -0.2) is 87.0 Å². The Hall–Kier alpha value is -2.80. The number of hydrogen-bond donors (Lipinski definition) is 1. The summed E-state index contributed by atoms with van der Waals surface area (Å²) in [7, 11) is -3.62. The minimum atomic E-state index is -3.62. The molecule has 1 N–H and O–H groups in total. The Balaban J connectivity index is 1.20. The van der Waals surface area contributed by atoms with Crippen LogP contribution < -0.4 is 5.32 Å². The molecular weight excluding hydrogens is 524 g/mol. The molecule has 0 atom stereocenters. The van der Waals surface area contributed by atoms with Crippen LogP contribution in [0.4, 0.5) is 0 Å². The van der Waals surface area contributed by atoms with E-state index >= 15 is 0 Å². The third-order valence-corrected chi connectivity index (χ3v) is 9.78. The molecule has 39 heavy (non-hydrogen) atoms. The Bertz CT molecular complexity index is 1290. The third-order valence-electron chi connectivity index (χ3n) is 7.87. The van der Waals surface area contributed by atoms with Crippen LogP contribution in [0.2, 0.25) is 0 Å². The van der Waals surface area contributed by atoms with E-state index in [1.165, 1.54) is 28.6 Å². The highest BCUT2D eigenvalue weighted by atomic mass is 32.2. The number of nitrogens with zero attached hydrogens (tertiary/aromatic N) is 3. The zero-order chi connectivity index (χ0) is 27.5. The average molecular weight is 561 g/mol. The highest BCUT2D eigenvalue weighted by molar-refractivity contribution is 7.89. The molecule has 4 heterocycles. The van der Waals surface area contributed by atoms with Crippen molar-refractivity contribution in [3.8, 4) is 0 Å². The van der Waals surface area contributed by atoms with Crippen molar-refractivity contribution in [1.29, 1.82) is 0 Å². The maximum absolute atomic E-state index is 13.0. The van der Waals surface area contributed by atoms with Gasteiger partial charge in [0.05, 0.1) is 36.0 Å². The van der Waals surface area contributed by atoms with Crippen LogP contribution >= 0.6 is 0 Å². The molecule has 2 fully saturated rings. The van der Waals surface area contributed by atoms with Crippen LogP contribution in [0, 0.1) is 5.41 Å². The lowest BCUT2D eigenvalue weighted by atomic mass is 9.75. The first kappa shape index (κ1) is 27.8. The minimum absolute atomic E-state index is 0.0244. The summed E-state index contributed by atoms with van der Waals surface area (Å²) in [4.78, 5) is 25.7. The minimum Gasteiger partial charge on any atom is -0.462 e. The molecule has 0 unspecified atom stereocenters. The number of hydrogen-bond acceptors (Lipinski definition) is 8. The molecule has 3 aliphatic rings. The monoisotopic (exact) mass is 560 g/mol. The van der Waals surface area contributed by atoms with Crippen molar-refractivity contribution in [3.05, 3.63) is 46.8 Å². The molecule has 1 spiro atoms. The molecule has 1 aromatic heterocycles. The number of esters is 1. The van der Waals surface area contributed by atoms with Crippen molar-refractivity contribution in [2.24, 2.45) is 5.41 Å². The lowest BCUT2D eigenvalue weighted by Gasteiger charge is -2.36. The van der Waals surface area contributed by atoms with E-state index in [1.54, 1.807) is 4.68 Å². The molecule has 0 aliphatic carbocycles. The molecule has 12 heteroatoms. The Morgan fingerprint density at radius 3 is 2.49 bits per heavy atom. The van der Waals surface area contributed by atoms with Gasteiger partial charge in [-0.05, 0) is 68.7 Å². The highest BCUT2D eigenvalue weighted by Crippen LogP contribution is 2.37. The number of benzene rings is 1. The van der Waals surface area contributed by atoms with Gasteiger partial charge >= 0.3 is 5.97 Å². The van der Waals surface area contributed by atoms with Gasteiger partial charge in [-0.25, -0.2) is 13.2 Å². The molecule has 0 radical (unpaired) electrons. The second kappa shape index (κ2) is 11.7. The lowest BCUT2D eigenvalue weighted by Crippen LogP contribution is -2.40. The van der Waals surface area contributed by atoms with Crippen LogP contribution in [0.15, 0.2) is 29.2 Å². The van der Waals surface area contributed by atoms with Gasteiger partial charge in [0.2, 0.25) is 10.0 Å². The van der Waals surface area contributed by atoms with Crippen LogP contribution in [0.25, 0.3) is 0 Å². The SMILES string of the molecule is CCn1nc(CCCOC(=O)c2ccc(S(=O)(=O)N3CCOCC3)cc2)c2c1C(=O)NCC1(CCOCC1)C2. The second-order valence-corrected chi connectivity index (χ2v) is 12.3. The van der Waals surface area contributed by atoms with Crippen LogP contribution in [-0.2, 0) is 43.6 Å². The van der Waals surface area contributed by atoms with Crippen molar-refractivity contribution in [1.82, 2.24) is 19.4 Å². The van der Waals surface area contributed by atoms with Crippen LogP contribution in [0.1, 0.15) is 58.3 Å². The summed E-state index contributed by atoms with van der Waals surface area (Å²) in [5, 5.41) is 7.85. The zero-order valence-corrected chi connectivity index (χ0v) is 23.1. The van der Waals surface area contributed by atoms with Crippen molar-refractivity contribution in [3.63, 3.8) is 0 Å². The number of amides is 1. The molecule has 1 aromatic carbocycles. The quantitative estimate of drug-likeness (QED) is 0.382. The number of aromatic nitrogens is 2. The first-order chi connectivity index (χ1) is 18.8. The smallest absolute Gasteiger partial charge is 0.338 e. The highest BCUT2D eigenvalue weighted by Gasteiger charge is 2.39. The van der Waals surface area contributed by atoms with E-state index in [4.69, 9.17) is 19.3 Å². The molecule has 0 saturated carbocycles. The number of sulfonamides is 1. The molecular formula is C27H36N4O7S. The van der Waals surface area contributed by atoms with Gasteiger partial charge in [-0.2, -0.15) is 9.40 Å². The summed E-state index contributed by atoms with van der Waals surface area (Å²) in [5.74, 6) is -0.594. The van der Waals surface area contributed by atoms with E-state index in [-0.39, 0.29) is 28.4 Å². The predicted molar refractivity (Wildman–Crippen MR) is 141 cm³/mol. The summed E-state index contributed by atoms with van der Waals surface area (Å²) in [6, 6.07) is 5.82. The van der Waals surface area contributed by atoms with Crippen molar-refractivity contribution in [2.75, 3.05) is 52.7 Å². The molecule has 5 rings (SSSR count). The molecule has 212 valence electrons. The van der Waals surface area contributed by atoms with E-state index in [0.717, 1.165) is 30.5 Å². The second-order valence-electron chi connectivity index (χ2n) is 10.3. The molecule has 1 amide bonds. The molecule has 2 aromatic rings. The van der Waals surface area contributed by atoms with Crippen molar-refractivity contribution >= 4 is 21.9 Å². The Kier molecular flexibility index (Phi) is 8.36. The Morgan fingerprint density at radius 1 is 1.10 bits per heavy atom. The summed E-state index contributed by atoms with van der Waals surface area (Å²) in [5.41, 5.74) is 2.78. The molecule has 11 nitrogen and oxygen atoms in total. The zero-order valence-electron chi connectivity index (χ0n) is 22.3. The fraction of sp³-hybridized carbons (Fsp3) is 0.593. The molecule has 0 bridgehead atoms. The van der Waals surface area contributed by atoms with Gasteiger partial charge in [-0.1, -0.05) is 0 Å². The number of carbonyl (C=O) groups excluding carboxylic acids is 2. The third kappa shape index (κ3) is 5.88. The number of carbonyl (C=O) groups is 2. The number of nitrogens with one attached hydrogen (secondary N) is 1. The fourth-order valence-electron chi connectivity index (χ4n) is 5.55. The lowest BCUT2D eigenvalue weighted by molar-refractivity contribution is 0.0160. The first-order valence-corrected chi connectivity index (χ1v) is 15.1. The standard InChI is InChI=1S/C27H36N4O7S/c1-2-31-24-22(18-27(19-28-25(24)32)9-14-36-15-10-27)23(29-31)4-3-13-38-26(33)20-5-7-21(8-6-20)39(34,35)30-11-16-37-17-12-30/h5-8H,2-4,9-19H2,1H3,(H,28,32). The summed E-state index contributed by atoms with van der Waals surface area (Å²) < 4.78 is 45.0. The Labute approximate surface area is 228 Å². The Morgan fingerprint density at radius 2 is 1.79 bits per heavy atom. The maximum Gasteiger partial charge on any atom is 0.338 e.